The largest absolute Gasteiger partial charge is 0.466 e. The second kappa shape index (κ2) is 8.23. The molecule has 0 N–H and O–H groups in total. The molecule has 0 fully saturated rings. The minimum atomic E-state index is -0.187. The number of hydrogen-bond acceptors (Lipinski definition) is 3. The Morgan fingerprint density at radius 3 is 2.43 bits per heavy atom. The molecule has 0 saturated heterocycles. The topological polar surface area (TPSA) is 35.5 Å². The summed E-state index contributed by atoms with van der Waals surface area (Å²) in [6.45, 7) is 4.19. The molecule has 3 nitrogen and oxygen atoms in total. The van der Waals surface area contributed by atoms with Gasteiger partial charge in [0.25, 0.3) is 0 Å². The Balaban J connectivity index is 2.03. The zero-order valence-corrected chi connectivity index (χ0v) is 14.5. The van der Waals surface area contributed by atoms with Crippen LogP contribution in [-0.4, -0.2) is 12.6 Å². The number of carbonyl (C=O) groups is 1. The zero-order valence-electron chi connectivity index (χ0n) is 13.0. The Bertz CT molecular complexity index is 668. The average molecular weight is 353 g/mol. The lowest BCUT2D eigenvalue weighted by molar-refractivity contribution is -0.143. The van der Waals surface area contributed by atoms with Crippen LogP contribution in [0.25, 0.3) is 0 Å². The highest BCUT2D eigenvalue weighted by Gasteiger charge is 2.12. The van der Waals surface area contributed by atoms with E-state index in [1.807, 2.05) is 31.2 Å². The second-order valence-electron chi connectivity index (χ2n) is 5.16. The van der Waals surface area contributed by atoms with Gasteiger partial charge in [0.2, 0.25) is 0 Å². The second-order valence-corrected chi connectivity index (χ2v) is 6.00. The van der Waals surface area contributed by atoms with Gasteiger partial charge in [0.1, 0.15) is 11.5 Å². The van der Waals surface area contributed by atoms with E-state index in [4.69, 9.17) is 32.7 Å². The van der Waals surface area contributed by atoms with Gasteiger partial charge in [-0.05, 0) is 48.7 Å². The predicted molar refractivity (Wildman–Crippen MR) is 92.6 cm³/mol. The van der Waals surface area contributed by atoms with E-state index in [9.17, 15) is 4.79 Å². The normalized spacial score (nSPS) is 11.8. The number of benzene rings is 2. The molecule has 2 rings (SSSR count). The standard InChI is InChI=1S/C18H18Cl2O3/c1-3-22-18(21)10-12(2)13-4-7-15(8-5-13)23-17-9-6-14(19)11-16(17)20/h4-9,11-12H,3,10H2,1-2H3. The monoisotopic (exact) mass is 352 g/mol. The van der Waals surface area contributed by atoms with Crippen LogP contribution in [-0.2, 0) is 9.53 Å². The van der Waals surface area contributed by atoms with Crippen molar-refractivity contribution < 1.29 is 14.3 Å². The maximum absolute atomic E-state index is 11.5. The summed E-state index contributed by atoms with van der Waals surface area (Å²) in [7, 11) is 0. The maximum atomic E-state index is 11.5. The van der Waals surface area contributed by atoms with Crippen LogP contribution in [0.4, 0.5) is 0 Å². The van der Waals surface area contributed by atoms with Crippen LogP contribution in [0.2, 0.25) is 10.0 Å². The van der Waals surface area contributed by atoms with E-state index >= 15 is 0 Å². The number of esters is 1. The minimum absolute atomic E-state index is 0.0854. The first-order valence-electron chi connectivity index (χ1n) is 7.38. The van der Waals surface area contributed by atoms with E-state index in [0.717, 1.165) is 5.56 Å². The zero-order chi connectivity index (χ0) is 16.8. The number of ether oxygens (including phenoxy) is 2. The van der Waals surface area contributed by atoms with Crippen molar-refractivity contribution in [3.8, 4) is 11.5 Å². The molecular weight excluding hydrogens is 335 g/mol. The Kier molecular flexibility index (Phi) is 6.31. The quantitative estimate of drug-likeness (QED) is 0.612. The molecule has 0 spiro atoms. The molecule has 1 atom stereocenters. The molecule has 0 saturated carbocycles. The van der Waals surface area contributed by atoms with Crippen LogP contribution in [0, 0.1) is 0 Å². The molecule has 0 aromatic heterocycles. The molecule has 0 aliphatic rings. The predicted octanol–water partition coefficient (Wildman–Crippen LogP) is 5.84. The molecule has 0 aliphatic heterocycles. The molecule has 2 aromatic carbocycles. The summed E-state index contributed by atoms with van der Waals surface area (Å²) < 4.78 is 10.7. The van der Waals surface area contributed by atoms with Crippen molar-refractivity contribution in [1.29, 1.82) is 0 Å². The fraction of sp³-hybridized carbons (Fsp3) is 0.278. The lowest BCUT2D eigenvalue weighted by Gasteiger charge is -2.12. The fourth-order valence-electron chi connectivity index (χ4n) is 2.14. The Hall–Kier alpha value is -1.71. The van der Waals surface area contributed by atoms with Crippen LogP contribution < -0.4 is 4.74 Å². The minimum Gasteiger partial charge on any atom is -0.466 e. The summed E-state index contributed by atoms with van der Waals surface area (Å²) in [6.07, 6.45) is 0.358. The van der Waals surface area contributed by atoms with Gasteiger partial charge < -0.3 is 9.47 Å². The van der Waals surface area contributed by atoms with Gasteiger partial charge in [-0.1, -0.05) is 42.3 Å². The van der Waals surface area contributed by atoms with E-state index in [0.29, 0.717) is 34.6 Å². The molecule has 5 heteroatoms. The Morgan fingerprint density at radius 1 is 1.13 bits per heavy atom. The van der Waals surface area contributed by atoms with Crippen LogP contribution in [0.3, 0.4) is 0 Å². The molecule has 122 valence electrons. The van der Waals surface area contributed by atoms with Gasteiger partial charge in [-0.15, -0.1) is 0 Å². The fourth-order valence-corrected chi connectivity index (χ4v) is 2.58. The van der Waals surface area contributed by atoms with Crippen molar-refractivity contribution in [2.75, 3.05) is 6.61 Å². The van der Waals surface area contributed by atoms with Gasteiger partial charge in [0.05, 0.1) is 18.1 Å². The van der Waals surface area contributed by atoms with Gasteiger partial charge in [-0.2, -0.15) is 0 Å². The van der Waals surface area contributed by atoms with Crippen molar-refractivity contribution in [3.63, 3.8) is 0 Å². The number of carbonyl (C=O) groups excluding carboxylic acids is 1. The number of rotatable bonds is 6. The van der Waals surface area contributed by atoms with Crippen LogP contribution in [0.1, 0.15) is 31.7 Å². The number of hydrogen-bond donors (Lipinski definition) is 0. The van der Waals surface area contributed by atoms with Crippen molar-refractivity contribution in [1.82, 2.24) is 0 Å². The SMILES string of the molecule is CCOC(=O)CC(C)c1ccc(Oc2ccc(Cl)cc2Cl)cc1. The van der Waals surface area contributed by atoms with Crippen molar-refractivity contribution in [2.24, 2.45) is 0 Å². The molecule has 0 bridgehead atoms. The lowest BCUT2D eigenvalue weighted by Crippen LogP contribution is -2.08. The molecule has 0 aliphatic carbocycles. The van der Waals surface area contributed by atoms with E-state index in [1.54, 1.807) is 25.1 Å². The van der Waals surface area contributed by atoms with E-state index in [2.05, 4.69) is 0 Å². The maximum Gasteiger partial charge on any atom is 0.306 e. The van der Waals surface area contributed by atoms with Gasteiger partial charge in [0.15, 0.2) is 0 Å². The summed E-state index contributed by atoms with van der Waals surface area (Å²) in [5.41, 5.74) is 1.05. The van der Waals surface area contributed by atoms with Crippen LogP contribution in [0.5, 0.6) is 11.5 Å². The lowest BCUT2D eigenvalue weighted by atomic mass is 9.98. The highest BCUT2D eigenvalue weighted by molar-refractivity contribution is 6.35. The first-order valence-corrected chi connectivity index (χ1v) is 8.13. The van der Waals surface area contributed by atoms with Crippen molar-refractivity contribution >= 4 is 29.2 Å². The summed E-state index contributed by atoms with van der Waals surface area (Å²) in [6, 6.07) is 12.6. The van der Waals surface area contributed by atoms with E-state index in [-0.39, 0.29) is 11.9 Å². The van der Waals surface area contributed by atoms with Gasteiger partial charge in [0, 0.05) is 5.02 Å². The van der Waals surface area contributed by atoms with Gasteiger partial charge in [-0.3, -0.25) is 4.79 Å². The Morgan fingerprint density at radius 2 is 1.83 bits per heavy atom. The molecule has 1 unspecified atom stereocenters. The highest BCUT2D eigenvalue weighted by atomic mass is 35.5. The third-order valence-corrected chi connectivity index (χ3v) is 3.88. The molecule has 2 aromatic rings. The first-order chi connectivity index (χ1) is 11.0. The van der Waals surface area contributed by atoms with Crippen molar-refractivity contribution in [3.05, 3.63) is 58.1 Å². The van der Waals surface area contributed by atoms with Crippen molar-refractivity contribution in [2.45, 2.75) is 26.2 Å². The number of halogens is 2. The molecule has 0 heterocycles. The smallest absolute Gasteiger partial charge is 0.306 e. The Labute approximate surface area is 146 Å². The van der Waals surface area contributed by atoms with Crippen LogP contribution >= 0.6 is 23.2 Å². The average Bonchev–Trinajstić information content (AvgIpc) is 2.51. The third-order valence-electron chi connectivity index (χ3n) is 3.35. The third kappa shape index (κ3) is 5.15. The van der Waals surface area contributed by atoms with Gasteiger partial charge in [-0.25, -0.2) is 0 Å². The summed E-state index contributed by atoms with van der Waals surface area (Å²) in [4.78, 5) is 11.5. The first kappa shape index (κ1) is 17.6. The summed E-state index contributed by atoms with van der Waals surface area (Å²) in [5, 5.41) is 1.02. The summed E-state index contributed by atoms with van der Waals surface area (Å²) >= 11 is 11.9. The molecule has 0 radical (unpaired) electrons. The molecule has 23 heavy (non-hydrogen) atoms. The van der Waals surface area contributed by atoms with E-state index < -0.39 is 0 Å². The highest BCUT2D eigenvalue weighted by Crippen LogP contribution is 2.32. The van der Waals surface area contributed by atoms with E-state index in [1.165, 1.54) is 0 Å². The van der Waals surface area contributed by atoms with Gasteiger partial charge >= 0.3 is 5.97 Å². The molecule has 0 amide bonds. The summed E-state index contributed by atoms with van der Waals surface area (Å²) in [5.74, 6) is 1.11. The molecular formula is C18H18Cl2O3. The van der Waals surface area contributed by atoms with Crippen LogP contribution in [0.15, 0.2) is 42.5 Å².